The summed E-state index contributed by atoms with van der Waals surface area (Å²) in [5.41, 5.74) is 8.22. The van der Waals surface area contributed by atoms with Crippen LogP contribution >= 0.6 is 0 Å². The lowest BCUT2D eigenvalue weighted by molar-refractivity contribution is 0.414. The van der Waals surface area contributed by atoms with Crippen LogP contribution < -0.4 is 19.9 Å². The van der Waals surface area contributed by atoms with Gasteiger partial charge in [0, 0.05) is 13.1 Å². The summed E-state index contributed by atoms with van der Waals surface area (Å²) in [6.45, 7) is 11.3. The lowest BCUT2D eigenvalue weighted by Crippen LogP contribution is -2.44. The van der Waals surface area contributed by atoms with E-state index in [0.717, 1.165) is 37.2 Å². The number of benzene rings is 2. The van der Waals surface area contributed by atoms with Crippen molar-refractivity contribution in [3.05, 3.63) is 106 Å². The fraction of sp³-hybridized carbons (Fsp3) is 0.375. The largest absolute Gasteiger partial charge is 0.497 e. The van der Waals surface area contributed by atoms with Crippen molar-refractivity contribution in [2.45, 2.75) is 53.4 Å². The average Bonchev–Trinajstić information content (AvgIpc) is 2.95. The van der Waals surface area contributed by atoms with E-state index in [1.807, 2.05) is 24.3 Å². The molecule has 2 aromatic rings. The molecule has 4 rings (SSSR count). The molecule has 0 aromatic heterocycles. The Morgan fingerprint density at radius 2 is 1.00 bits per heavy atom. The third-order valence-electron chi connectivity index (χ3n) is 7.66. The van der Waals surface area contributed by atoms with Crippen LogP contribution in [0.1, 0.15) is 38.8 Å². The molecule has 38 heavy (non-hydrogen) atoms. The molecule has 0 spiro atoms. The number of rotatable bonds is 11. The monoisotopic (exact) mass is 508 g/mol. The van der Waals surface area contributed by atoms with Gasteiger partial charge in [0.15, 0.2) is 0 Å². The zero-order valence-electron chi connectivity index (χ0n) is 23.9. The molecule has 2 aliphatic rings. The summed E-state index contributed by atoms with van der Waals surface area (Å²) in [5, 5.41) is 7.76. The molecule has 0 atom stereocenters. The van der Waals surface area contributed by atoms with Crippen LogP contribution in [0.3, 0.4) is 0 Å². The highest BCUT2D eigenvalue weighted by Gasteiger charge is 2.32. The maximum atomic E-state index is 5.34. The molecule has 2 N–H and O–H groups in total. The SMILES string of the molecule is COc1ccc(CNB2CC=C(C(C)C)C=C2C2=CC(C(C)C)=CCB2NCc2ccc(OC)cc2)cc1. The minimum absolute atomic E-state index is 0.266. The normalized spacial score (nSPS) is 15.8. The third kappa shape index (κ3) is 7.12. The molecule has 0 saturated heterocycles. The van der Waals surface area contributed by atoms with Gasteiger partial charge in [-0.25, -0.2) is 0 Å². The Labute approximate surface area is 230 Å². The maximum absolute atomic E-state index is 5.34. The molecule has 2 aromatic carbocycles. The molecule has 0 radical (unpaired) electrons. The number of hydrogen-bond acceptors (Lipinski definition) is 4. The summed E-state index contributed by atoms with van der Waals surface area (Å²) < 4.78 is 10.7. The highest BCUT2D eigenvalue weighted by Crippen LogP contribution is 2.33. The van der Waals surface area contributed by atoms with E-state index in [2.05, 4.69) is 86.7 Å². The number of hydrogen-bond donors (Lipinski definition) is 2. The summed E-state index contributed by atoms with van der Waals surface area (Å²) in [5.74, 6) is 2.79. The van der Waals surface area contributed by atoms with Crippen molar-refractivity contribution < 1.29 is 9.47 Å². The maximum Gasteiger partial charge on any atom is 0.258 e. The molecular formula is C32H42B2N2O2. The Morgan fingerprint density at radius 1 is 0.632 bits per heavy atom. The van der Waals surface area contributed by atoms with Crippen LogP contribution in [0, 0.1) is 11.8 Å². The Bertz CT molecular complexity index is 1100. The molecule has 6 heteroatoms. The van der Waals surface area contributed by atoms with Gasteiger partial charge in [0.25, 0.3) is 13.7 Å². The Morgan fingerprint density at radius 3 is 1.32 bits per heavy atom. The van der Waals surface area contributed by atoms with E-state index in [9.17, 15) is 0 Å². The van der Waals surface area contributed by atoms with Crippen molar-refractivity contribution in [2.75, 3.05) is 14.2 Å². The second kappa shape index (κ2) is 13.2. The molecule has 2 aliphatic heterocycles. The third-order valence-corrected chi connectivity index (χ3v) is 7.66. The van der Waals surface area contributed by atoms with E-state index in [1.165, 1.54) is 33.2 Å². The molecule has 0 aliphatic carbocycles. The van der Waals surface area contributed by atoms with Crippen molar-refractivity contribution in [2.24, 2.45) is 11.8 Å². The Hall–Kier alpha value is -2.95. The molecular weight excluding hydrogens is 466 g/mol. The highest BCUT2D eigenvalue weighted by molar-refractivity contribution is 6.75. The van der Waals surface area contributed by atoms with Crippen molar-refractivity contribution >= 4 is 13.7 Å². The summed E-state index contributed by atoms with van der Waals surface area (Å²) in [7, 11) is 3.42. The average molecular weight is 508 g/mol. The van der Waals surface area contributed by atoms with Crippen molar-refractivity contribution in [1.82, 2.24) is 10.5 Å². The molecule has 0 amide bonds. The van der Waals surface area contributed by atoms with Gasteiger partial charge in [-0.1, -0.05) is 98.4 Å². The highest BCUT2D eigenvalue weighted by atomic mass is 16.5. The van der Waals surface area contributed by atoms with E-state index in [4.69, 9.17) is 9.47 Å². The molecule has 4 nitrogen and oxygen atoms in total. The lowest BCUT2D eigenvalue weighted by Gasteiger charge is -2.31. The van der Waals surface area contributed by atoms with Gasteiger partial charge in [-0.3, -0.25) is 0 Å². The molecule has 0 unspecified atom stereocenters. The Balaban J connectivity index is 1.58. The van der Waals surface area contributed by atoms with Crippen LogP contribution in [-0.2, 0) is 13.1 Å². The zero-order chi connectivity index (χ0) is 27.1. The van der Waals surface area contributed by atoms with E-state index in [1.54, 1.807) is 14.2 Å². The van der Waals surface area contributed by atoms with Crippen LogP contribution in [0.25, 0.3) is 0 Å². The summed E-state index contributed by atoms with van der Waals surface area (Å²) in [4.78, 5) is 0. The van der Waals surface area contributed by atoms with Crippen molar-refractivity contribution in [1.29, 1.82) is 0 Å². The van der Waals surface area contributed by atoms with Crippen LogP contribution in [0.4, 0.5) is 0 Å². The molecule has 0 bridgehead atoms. The number of ether oxygens (including phenoxy) is 2. The van der Waals surface area contributed by atoms with Gasteiger partial charge in [0.1, 0.15) is 11.5 Å². The van der Waals surface area contributed by atoms with E-state index in [-0.39, 0.29) is 13.7 Å². The van der Waals surface area contributed by atoms with Crippen LogP contribution in [-0.4, -0.2) is 27.9 Å². The first kappa shape index (κ1) is 28.1. The van der Waals surface area contributed by atoms with E-state index < -0.39 is 0 Å². The van der Waals surface area contributed by atoms with Crippen LogP contribution in [0.2, 0.25) is 12.6 Å². The van der Waals surface area contributed by atoms with Crippen molar-refractivity contribution in [3.8, 4) is 11.5 Å². The lowest BCUT2D eigenvalue weighted by atomic mass is 9.38. The zero-order valence-corrected chi connectivity index (χ0v) is 23.9. The number of nitrogens with one attached hydrogen (secondary N) is 2. The Kier molecular flexibility index (Phi) is 9.76. The van der Waals surface area contributed by atoms with Crippen LogP contribution in [0.5, 0.6) is 11.5 Å². The number of allylic oxidation sites excluding steroid dienone is 8. The van der Waals surface area contributed by atoms with Crippen LogP contribution in [0.15, 0.2) is 94.9 Å². The van der Waals surface area contributed by atoms with Gasteiger partial charge in [0.05, 0.1) is 14.2 Å². The van der Waals surface area contributed by atoms with Gasteiger partial charge in [0.2, 0.25) is 0 Å². The predicted octanol–water partition coefficient (Wildman–Crippen LogP) is 6.69. The fourth-order valence-electron chi connectivity index (χ4n) is 5.17. The molecule has 0 saturated carbocycles. The van der Waals surface area contributed by atoms with Crippen molar-refractivity contribution in [3.63, 3.8) is 0 Å². The minimum atomic E-state index is 0.266. The standard InChI is InChI=1S/C32H42B2N2O2/c1-23(2)27-15-17-33(35-21-25-7-11-29(37-5)12-8-25)31(19-27)32-20-28(24(3)4)16-18-34(32)36-22-26-9-13-30(38-6)14-10-26/h7-16,19-20,23-24,35-36H,17-18,21-22H2,1-6H3. The van der Waals surface area contributed by atoms with E-state index >= 15 is 0 Å². The second-order valence-corrected chi connectivity index (χ2v) is 11.0. The quantitative estimate of drug-likeness (QED) is 0.332. The van der Waals surface area contributed by atoms with E-state index in [0.29, 0.717) is 11.8 Å². The summed E-state index contributed by atoms with van der Waals surface area (Å²) in [6.07, 6.45) is 11.7. The van der Waals surface area contributed by atoms with Gasteiger partial charge >= 0.3 is 0 Å². The summed E-state index contributed by atoms with van der Waals surface area (Å²) >= 11 is 0. The number of methoxy groups -OCH3 is 2. The van der Waals surface area contributed by atoms with Gasteiger partial charge < -0.3 is 19.9 Å². The topological polar surface area (TPSA) is 42.5 Å². The first-order valence-electron chi connectivity index (χ1n) is 13.9. The fourth-order valence-corrected chi connectivity index (χ4v) is 5.17. The summed E-state index contributed by atoms with van der Waals surface area (Å²) in [6, 6.07) is 16.7. The van der Waals surface area contributed by atoms with Gasteiger partial charge in [-0.05, 0) is 59.9 Å². The second-order valence-electron chi connectivity index (χ2n) is 11.0. The first-order chi connectivity index (χ1) is 18.4. The minimum Gasteiger partial charge on any atom is -0.497 e. The van der Waals surface area contributed by atoms with Gasteiger partial charge in [-0.2, -0.15) is 0 Å². The molecule has 0 fully saturated rings. The molecule has 198 valence electrons. The molecule has 2 heterocycles. The predicted molar refractivity (Wildman–Crippen MR) is 163 cm³/mol. The first-order valence-corrected chi connectivity index (χ1v) is 13.9. The smallest absolute Gasteiger partial charge is 0.258 e. The van der Waals surface area contributed by atoms with Gasteiger partial charge in [-0.15, -0.1) is 0 Å².